The van der Waals surface area contributed by atoms with Gasteiger partial charge in [-0.05, 0) is 25.7 Å². The number of hydrogen-bond acceptors (Lipinski definition) is 1. The van der Waals surface area contributed by atoms with Crippen molar-refractivity contribution < 1.29 is 4.65 Å². The molecule has 0 saturated carbocycles. The van der Waals surface area contributed by atoms with Gasteiger partial charge in [-0.2, -0.15) is 0 Å². The molecule has 0 spiro atoms. The van der Waals surface area contributed by atoms with E-state index in [1.807, 2.05) is 0 Å². The van der Waals surface area contributed by atoms with Crippen LogP contribution in [0.4, 0.5) is 0 Å². The summed E-state index contributed by atoms with van der Waals surface area (Å²) in [6, 6.07) is 0. The van der Waals surface area contributed by atoms with Crippen molar-refractivity contribution in [1.29, 1.82) is 0 Å². The van der Waals surface area contributed by atoms with Crippen molar-refractivity contribution in [3.8, 4) is 0 Å². The maximum absolute atomic E-state index is 12.5. The Morgan fingerprint density at radius 2 is 0.783 bits per heavy atom. The van der Waals surface area contributed by atoms with Crippen LogP contribution in [0.15, 0.2) is 0 Å². The number of quaternary nitrogens is 1. The van der Waals surface area contributed by atoms with Crippen LogP contribution in [0.5, 0.6) is 0 Å². The summed E-state index contributed by atoms with van der Waals surface area (Å²) in [7, 11) is 0. The second-order valence-electron chi connectivity index (χ2n) is 7.47. The highest BCUT2D eigenvalue weighted by molar-refractivity contribution is 4.50. The summed E-state index contributed by atoms with van der Waals surface area (Å²) in [4.78, 5) is 0. The summed E-state index contributed by atoms with van der Waals surface area (Å²) in [5.74, 6) is 0. The van der Waals surface area contributed by atoms with E-state index < -0.39 is 0 Å². The van der Waals surface area contributed by atoms with E-state index in [0.717, 1.165) is 38.9 Å². The highest BCUT2D eigenvalue weighted by Crippen LogP contribution is 2.14. The Morgan fingerprint density at radius 1 is 0.435 bits per heavy atom. The second kappa shape index (κ2) is 16.8. The zero-order valence-corrected chi connectivity index (χ0v) is 16.6. The molecule has 0 aromatic rings. The average Bonchev–Trinajstić information content (AvgIpc) is 2.52. The molecule has 0 atom stereocenters. The molecule has 0 aromatic heterocycles. The van der Waals surface area contributed by atoms with E-state index in [0.29, 0.717) is 0 Å². The van der Waals surface area contributed by atoms with Crippen molar-refractivity contribution in [2.45, 2.75) is 117 Å². The second-order valence-corrected chi connectivity index (χ2v) is 7.47. The van der Waals surface area contributed by atoms with Crippen molar-refractivity contribution in [3.05, 3.63) is 5.21 Å². The van der Waals surface area contributed by atoms with Gasteiger partial charge in [-0.3, -0.25) is 0 Å². The summed E-state index contributed by atoms with van der Waals surface area (Å²) >= 11 is 0. The van der Waals surface area contributed by atoms with E-state index in [1.165, 1.54) is 77.0 Å². The van der Waals surface area contributed by atoms with Crippen LogP contribution in [-0.4, -0.2) is 24.3 Å². The van der Waals surface area contributed by atoms with Gasteiger partial charge >= 0.3 is 0 Å². The molecule has 2 heteroatoms. The van der Waals surface area contributed by atoms with Crippen LogP contribution >= 0.6 is 0 Å². The van der Waals surface area contributed by atoms with Gasteiger partial charge in [0, 0.05) is 0 Å². The molecule has 0 aromatic carbocycles. The van der Waals surface area contributed by atoms with Gasteiger partial charge < -0.3 is 9.85 Å². The maximum atomic E-state index is 12.5. The average molecular weight is 328 g/mol. The first-order valence-corrected chi connectivity index (χ1v) is 10.8. The molecule has 0 radical (unpaired) electrons. The largest absolute Gasteiger partial charge is 0.633 e. The normalized spacial score (nSPS) is 12.0. The molecule has 0 fully saturated rings. The van der Waals surface area contributed by atoms with Gasteiger partial charge in [-0.25, -0.2) is 0 Å². The van der Waals surface area contributed by atoms with Crippen LogP contribution in [0.3, 0.4) is 0 Å². The smallest absolute Gasteiger partial charge is 0.0783 e. The van der Waals surface area contributed by atoms with Crippen molar-refractivity contribution >= 4 is 0 Å². The maximum Gasteiger partial charge on any atom is 0.0783 e. The quantitative estimate of drug-likeness (QED) is 0.148. The molecular formula is C21H45NO. The lowest BCUT2D eigenvalue weighted by Crippen LogP contribution is -2.44. The summed E-state index contributed by atoms with van der Waals surface area (Å²) in [6.45, 7) is 9.01. The summed E-state index contributed by atoms with van der Waals surface area (Å²) in [6.07, 6.45) is 19.9. The first kappa shape index (κ1) is 22.9. The molecule has 0 amide bonds. The molecule has 0 aliphatic carbocycles. The SMILES string of the molecule is CCCCCCCCCCCCCCC[N+]([O-])(CCC)CCC. The van der Waals surface area contributed by atoms with E-state index in [-0.39, 0.29) is 4.65 Å². The highest BCUT2D eigenvalue weighted by Gasteiger charge is 2.13. The monoisotopic (exact) mass is 327 g/mol. The Hall–Kier alpha value is -0.0800. The van der Waals surface area contributed by atoms with E-state index in [4.69, 9.17) is 0 Å². The number of nitrogens with zero attached hydrogens (tertiary/aromatic N) is 1. The molecule has 0 heterocycles. The minimum absolute atomic E-state index is 0.0605. The molecule has 2 nitrogen and oxygen atoms in total. The van der Waals surface area contributed by atoms with Crippen LogP contribution in [-0.2, 0) is 0 Å². The zero-order chi connectivity index (χ0) is 17.2. The Morgan fingerprint density at radius 3 is 1.13 bits per heavy atom. The van der Waals surface area contributed by atoms with Gasteiger partial charge in [0.05, 0.1) is 19.6 Å². The van der Waals surface area contributed by atoms with Crippen LogP contribution in [0.2, 0.25) is 0 Å². The van der Waals surface area contributed by atoms with Crippen molar-refractivity contribution in [3.63, 3.8) is 0 Å². The lowest BCUT2D eigenvalue weighted by molar-refractivity contribution is -0.881. The summed E-state index contributed by atoms with van der Waals surface area (Å²) < 4.78 is 0.0605. The van der Waals surface area contributed by atoms with Crippen molar-refractivity contribution in [2.75, 3.05) is 19.6 Å². The molecule has 0 aliphatic rings. The van der Waals surface area contributed by atoms with E-state index in [9.17, 15) is 5.21 Å². The van der Waals surface area contributed by atoms with Gasteiger partial charge in [0.1, 0.15) is 0 Å². The van der Waals surface area contributed by atoms with Crippen molar-refractivity contribution in [1.82, 2.24) is 0 Å². The number of unbranched alkanes of at least 4 members (excludes halogenated alkanes) is 12. The van der Waals surface area contributed by atoms with E-state index in [1.54, 1.807) is 0 Å². The third-order valence-corrected chi connectivity index (χ3v) is 4.93. The van der Waals surface area contributed by atoms with Gasteiger partial charge in [0.25, 0.3) is 0 Å². The Balaban J connectivity index is 3.32. The topological polar surface area (TPSA) is 23.1 Å². The van der Waals surface area contributed by atoms with Crippen LogP contribution in [0.1, 0.15) is 117 Å². The van der Waals surface area contributed by atoms with Gasteiger partial charge in [0.2, 0.25) is 0 Å². The zero-order valence-electron chi connectivity index (χ0n) is 16.6. The standard InChI is InChI=1S/C21H45NO/c1-4-7-8-9-10-11-12-13-14-15-16-17-18-21-22(23,19-5-2)20-6-3/h4-21H2,1-3H3. The van der Waals surface area contributed by atoms with Gasteiger partial charge in [0.15, 0.2) is 0 Å². The molecule has 0 unspecified atom stereocenters. The van der Waals surface area contributed by atoms with E-state index >= 15 is 0 Å². The minimum atomic E-state index is 0.0605. The molecule has 23 heavy (non-hydrogen) atoms. The minimum Gasteiger partial charge on any atom is -0.633 e. The first-order valence-electron chi connectivity index (χ1n) is 10.8. The molecule has 0 saturated heterocycles. The fraction of sp³-hybridized carbons (Fsp3) is 1.00. The van der Waals surface area contributed by atoms with Crippen LogP contribution in [0, 0.1) is 5.21 Å². The molecule has 140 valence electrons. The van der Waals surface area contributed by atoms with Crippen LogP contribution in [0.25, 0.3) is 0 Å². The number of rotatable bonds is 18. The predicted molar refractivity (Wildman–Crippen MR) is 105 cm³/mol. The van der Waals surface area contributed by atoms with Gasteiger partial charge in [-0.1, -0.05) is 91.4 Å². The molecule has 0 bridgehead atoms. The van der Waals surface area contributed by atoms with Crippen molar-refractivity contribution in [2.24, 2.45) is 0 Å². The first-order chi connectivity index (χ1) is 11.2. The molecule has 0 N–H and O–H groups in total. The Bertz CT molecular complexity index is 224. The van der Waals surface area contributed by atoms with Crippen LogP contribution < -0.4 is 0 Å². The van der Waals surface area contributed by atoms with Gasteiger partial charge in [-0.15, -0.1) is 0 Å². The highest BCUT2D eigenvalue weighted by atomic mass is 16.5. The third-order valence-electron chi connectivity index (χ3n) is 4.93. The lowest BCUT2D eigenvalue weighted by atomic mass is 10.0. The fourth-order valence-corrected chi connectivity index (χ4v) is 3.57. The number of hydrogen-bond donors (Lipinski definition) is 0. The third kappa shape index (κ3) is 15.2. The summed E-state index contributed by atoms with van der Waals surface area (Å²) in [5.41, 5.74) is 0. The lowest BCUT2D eigenvalue weighted by Gasteiger charge is -2.42. The molecule has 0 aliphatic heterocycles. The summed E-state index contributed by atoms with van der Waals surface area (Å²) in [5, 5.41) is 12.5. The Kier molecular flexibility index (Phi) is 16.7. The predicted octanol–water partition coefficient (Wildman–Crippen LogP) is 7.21. The number of hydroxylamine groups is 3. The van der Waals surface area contributed by atoms with E-state index in [2.05, 4.69) is 20.8 Å². The molecular weight excluding hydrogens is 282 g/mol. The fourth-order valence-electron chi connectivity index (χ4n) is 3.57. The Labute approximate surface area is 147 Å². The molecule has 0 rings (SSSR count).